The Hall–Kier alpha value is -1.34. The van der Waals surface area contributed by atoms with Crippen LogP contribution >= 0.6 is 0 Å². The van der Waals surface area contributed by atoms with Crippen LogP contribution in [0.25, 0.3) is 0 Å². The number of aliphatic imine (C=N–C) groups is 1. The Bertz CT molecular complexity index is 480. The van der Waals surface area contributed by atoms with E-state index in [4.69, 9.17) is 9.73 Å². The third kappa shape index (κ3) is 6.76. The van der Waals surface area contributed by atoms with Crippen molar-refractivity contribution in [3.63, 3.8) is 0 Å². The summed E-state index contributed by atoms with van der Waals surface area (Å²) in [4.78, 5) is 18.9. The van der Waals surface area contributed by atoms with Crippen molar-refractivity contribution in [2.24, 2.45) is 10.9 Å². The molecule has 1 amide bonds. The average Bonchev–Trinajstić information content (AvgIpc) is 3.40. The maximum Gasteiger partial charge on any atom is 0.223 e. The number of amides is 1. The fraction of sp³-hybridized carbons (Fsp3) is 0.895. The molecule has 3 N–H and O–H groups in total. The summed E-state index contributed by atoms with van der Waals surface area (Å²) in [5.41, 5.74) is -0.0329. The number of ether oxygens (including phenoxy) is 1. The summed E-state index contributed by atoms with van der Waals surface area (Å²) in [6.07, 6.45) is 2.58. The van der Waals surface area contributed by atoms with Crippen LogP contribution in [0.1, 0.15) is 47.5 Å². The molecule has 0 aromatic heterocycles. The molecule has 150 valence electrons. The number of rotatable bonds is 8. The van der Waals surface area contributed by atoms with Crippen molar-refractivity contribution in [2.45, 2.75) is 65.2 Å². The van der Waals surface area contributed by atoms with Crippen LogP contribution in [-0.2, 0) is 9.53 Å². The molecule has 2 aliphatic rings. The number of carbonyl (C=O) groups is 1. The Labute approximate surface area is 158 Å². The average molecular weight is 368 g/mol. The highest BCUT2D eigenvalue weighted by atomic mass is 16.5. The van der Waals surface area contributed by atoms with Gasteiger partial charge in [-0.15, -0.1) is 0 Å². The van der Waals surface area contributed by atoms with E-state index in [2.05, 4.69) is 55.5 Å². The monoisotopic (exact) mass is 367 g/mol. The lowest BCUT2D eigenvalue weighted by molar-refractivity contribution is -0.122. The SMILES string of the molecule is CCNC(=NCC(C)(C)N1CC(C)OC(C)C1)NCCNC(=O)C1CC1. The molecule has 0 bridgehead atoms. The van der Waals surface area contributed by atoms with E-state index in [9.17, 15) is 4.79 Å². The summed E-state index contributed by atoms with van der Waals surface area (Å²) in [5, 5.41) is 9.56. The Kier molecular flexibility index (Phi) is 7.70. The fourth-order valence-electron chi connectivity index (χ4n) is 3.24. The summed E-state index contributed by atoms with van der Waals surface area (Å²) in [5.74, 6) is 1.25. The molecule has 2 fully saturated rings. The molecule has 1 saturated heterocycles. The third-order valence-corrected chi connectivity index (χ3v) is 4.91. The van der Waals surface area contributed by atoms with Gasteiger partial charge in [-0.2, -0.15) is 0 Å². The number of hydrogen-bond donors (Lipinski definition) is 3. The Balaban J connectivity index is 1.80. The summed E-state index contributed by atoms with van der Waals surface area (Å²) in [6, 6.07) is 0. The third-order valence-electron chi connectivity index (χ3n) is 4.91. The molecule has 2 unspecified atom stereocenters. The minimum absolute atomic E-state index is 0.0329. The minimum Gasteiger partial charge on any atom is -0.373 e. The summed E-state index contributed by atoms with van der Waals surface area (Å²) in [7, 11) is 0. The van der Waals surface area contributed by atoms with Gasteiger partial charge in [0.25, 0.3) is 0 Å². The van der Waals surface area contributed by atoms with Crippen molar-refractivity contribution in [3.05, 3.63) is 0 Å². The van der Waals surface area contributed by atoms with Gasteiger partial charge in [-0.1, -0.05) is 0 Å². The maximum absolute atomic E-state index is 11.7. The number of nitrogens with zero attached hydrogens (tertiary/aromatic N) is 2. The normalized spacial score (nSPS) is 25.0. The molecule has 26 heavy (non-hydrogen) atoms. The van der Waals surface area contributed by atoms with E-state index in [1.54, 1.807) is 0 Å². The maximum atomic E-state index is 11.7. The van der Waals surface area contributed by atoms with E-state index in [-0.39, 0.29) is 29.6 Å². The van der Waals surface area contributed by atoms with Crippen LogP contribution < -0.4 is 16.0 Å². The first kappa shape index (κ1) is 21.0. The van der Waals surface area contributed by atoms with Crippen molar-refractivity contribution in [2.75, 3.05) is 39.3 Å². The lowest BCUT2D eigenvalue weighted by Gasteiger charge is -2.44. The van der Waals surface area contributed by atoms with E-state index in [1.165, 1.54) is 0 Å². The van der Waals surface area contributed by atoms with Gasteiger partial charge in [-0.05, 0) is 47.5 Å². The largest absolute Gasteiger partial charge is 0.373 e. The van der Waals surface area contributed by atoms with Crippen LogP contribution in [-0.4, -0.2) is 73.8 Å². The second-order valence-corrected chi connectivity index (χ2v) is 8.16. The molecule has 7 nitrogen and oxygen atoms in total. The van der Waals surface area contributed by atoms with Gasteiger partial charge in [0.05, 0.1) is 18.8 Å². The molecule has 2 rings (SSSR count). The number of carbonyl (C=O) groups excluding carboxylic acids is 1. The first-order chi connectivity index (χ1) is 12.3. The van der Waals surface area contributed by atoms with Gasteiger partial charge in [0, 0.05) is 44.2 Å². The molecule has 0 aromatic carbocycles. The quantitative estimate of drug-likeness (QED) is 0.338. The molecule has 7 heteroatoms. The van der Waals surface area contributed by atoms with E-state index in [1.807, 2.05) is 0 Å². The van der Waals surface area contributed by atoms with Gasteiger partial charge in [0.2, 0.25) is 5.91 Å². The molecule has 1 saturated carbocycles. The summed E-state index contributed by atoms with van der Waals surface area (Å²) >= 11 is 0. The minimum atomic E-state index is -0.0329. The first-order valence-corrected chi connectivity index (χ1v) is 10.0. The molecule has 1 heterocycles. The highest BCUT2D eigenvalue weighted by Crippen LogP contribution is 2.28. The number of morpholine rings is 1. The molecule has 0 radical (unpaired) electrons. The molecule has 2 atom stereocenters. The van der Waals surface area contributed by atoms with Crippen LogP contribution in [0.2, 0.25) is 0 Å². The zero-order valence-corrected chi connectivity index (χ0v) is 17.1. The van der Waals surface area contributed by atoms with Gasteiger partial charge < -0.3 is 20.7 Å². The highest BCUT2D eigenvalue weighted by molar-refractivity contribution is 5.81. The van der Waals surface area contributed by atoms with Gasteiger partial charge >= 0.3 is 0 Å². The van der Waals surface area contributed by atoms with Crippen molar-refractivity contribution >= 4 is 11.9 Å². The van der Waals surface area contributed by atoms with Crippen LogP contribution in [0.5, 0.6) is 0 Å². The van der Waals surface area contributed by atoms with E-state index in [0.717, 1.165) is 38.4 Å². The standard InChI is InChI=1S/C19H37N5O2/c1-6-20-18(22-10-9-21-17(25)16-7-8-16)23-13-19(4,5)24-11-14(2)26-15(3)12-24/h14-16H,6-13H2,1-5H3,(H,21,25)(H2,20,22,23). The van der Waals surface area contributed by atoms with Crippen molar-refractivity contribution in [1.82, 2.24) is 20.9 Å². The Morgan fingerprint density at radius 2 is 1.73 bits per heavy atom. The van der Waals surface area contributed by atoms with Gasteiger partial charge in [0.1, 0.15) is 0 Å². The second kappa shape index (κ2) is 9.55. The zero-order valence-electron chi connectivity index (χ0n) is 17.1. The lowest BCUT2D eigenvalue weighted by Crippen LogP contribution is -2.56. The summed E-state index contributed by atoms with van der Waals surface area (Å²) < 4.78 is 5.84. The number of hydrogen-bond acceptors (Lipinski definition) is 4. The van der Waals surface area contributed by atoms with E-state index >= 15 is 0 Å². The first-order valence-electron chi connectivity index (χ1n) is 10.0. The van der Waals surface area contributed by atoms with Crippen LogP contribution in [0, 0.1) is 5.92 Å². The topological polar surface area (TPSA) is 78.0 Å². The molecular weight excluding hydrogens is 330 g/mol. The van der Waals surface area contributed by atoms with Crippen molar-refractivity contribution < 1.29 is 9.53 Å². The van der Waals surface area contributed by atoms with Gasteiger partial charge in [-0.3, -0.25) is 14.7 Å². The Morgan fingerprint density at radius 1 is 1.12 bits per heavy atom. The van der Waals surface area contributed by atoms with Gasteiger partial charge in [-0.25, -0.2) is 0 Å². The number of nitrogens with one attached hydrogen (secondary N) is 3. The van der Waals surface area contributed by atoms with Crippen LogP contribution in [0.4, 0.5) is 0 Å². The second-order valence-electron chi connectivity index (χ2n) is 8.16. The smallest absolute Gasteiger partial charge is 0.223 e. The van der Waals surface area contributed by atoms with E-state index in [0.29, 0.717) is 19.6 Å². The molecule has 1 aliphatic heterocycles. The predicted molar refractivity (Wildman–Crippen MR) is 105 cm³/mol. The predicted octanol–water partition coefficient (Wildman–Crippen LogP) is 0.956. The Morgan fingerprint density at radius 3 is 2.31 bits per heavy atom. The molecule has 0 spiro atoms. The summed E-state index contributed by atoms with van der Waals surface area (Å²) in [6.45, 7) is 15.5. The molecule has 1 aliphatic carbocycles. The zero-order chi connectivity index (χ0) is 19.2. The van der Waals surface area contributed by atoms with Crippen molar-refractivity contribution in [1.29, 1.82) is 0 Å². The molecular formula is C19H37N5O2. The molecule has 0 aromatic rings. The van der Waals surface area contributed by atoms with Crippen LogP contribution in [0.3, 0.4) is 0 Å². The van der Waals surface area contributed by atoms with E-state index < -0.39 is 0 Å². The highest BCUT2D eigenvalue weighted by Gasteiger charge is 2.33. The van der Waals surface area contributed by atoms with Crippen molar-refractivity contribution in [3.8, 4) is 0 Å². The van der Waals surface area contributed by atoms with Crippen LogP contribution in [0.15, 0.2) is 4.99 Å². The lowest BCUT2D eigenvalue weighted by atomic mass is 10.0. The van der Waals surface area contributed by atoms with Gasteiger partial charge in [0.15, 0.2) is 5.96 Å². The number of guanidine groups is 1. The fourth-order valence-corrected chi connectivity index (χ4v) is 3.24.